The Bertz CT molecular complexity index is 5720. The Morgan fingerprint density at radius 2 is 0.455 bits per heavy atom. The Balaban J connectivity index is 0.000000179. The molecule has 8 bridgehead atoms. The second kappa shape index (κ2) is 46.0. The monoisotopic (exact) mass is 2170 g/mol. The molecular weight excluding hydrogens is 2030 g/mol. The van der Waals surface area contributed by atoms with Gasteiger partial charge in [-0.2, -0.15) is 0 Å². The topological polar surface area (TPSA) is 173 Å². The van der Waals surface area contributed by atoms with Gasteiger partial charge in [0.25, 0.3) is 0 Å². The van der Waals surface area contributed by atoms with Crippen LogP contribution in [0.3, 0.4) is 0 Å². The summed E-state index contributed by atoms with van der Waals surface area (Å²) in [6, 6.07) is 31.0. The predicted molar refractivity (Wildman–Crippen MR) is 531 cm³/mol. The number of rotatable bonds is 8. The van der Waals surface area contributed by atoms with Crippen LogP contribution in [0.1, 0.15) is 177 Å². The number of carbonyl (C=O) groups is 8. The zero-order valence-electron chi connectivity index (χ0n) is 82.1. The van der Waals surface area contributed by atoms with Crippen LogP contribution in [-0.2, 0) is 124 Å². The van der Waals surface area contributed by atoms with Crippen molar-refractivity contribution in [1.82, 2.24) is 27.4 Å². The van der Waals surface area contributed by atoms with Gasteiger partial charge in [0.05, 0.1) is 0 Å². The fourth-order valence-electron chi connectivity index (χ4n) is 22.9. The molecule has 0 spiro atoms. The summed E-state index contributed by atoms with van der Waals surface area (Å²) < 4.78 is 19.5. The third kappa shape index (κ3) is 24.5. The third-order valence-electron chi connectivity index (χ3n) is 27.2. The van der Waals surface area contributed by atoms with E-state index >= 15 is 0 Å². The van der Waals surface area contributed by atoms with Crippen LogP contribution in [0.5, 0.6) is 0 Å². The van der Waals surface area contributed by atoms with E-state index in [2.05, 4.69) is 347 Å². The van der Waals surface area contributed by atoms with Gasteiger partial charge in [0, 0.05) is 0 Å². The molecule has 3 aromatic heterocycles. The van der Waals surface area contributed by atoms with Crippen LogP contribution >= 0.6 is 0 Å². The number of ketones is 8. The van der Waals surface area contributed by atoms with E-state index < -0.39 is 0 Å². The van der Waals surface area contributed by atoms with Crippen molar-refractivity contribution in [2.75, 3.05) is 22.9 Å². The second-order valence-corrected chi connectivity index (χ2v) is 40.6. The summed E-state index contributed by atoms with van der Waals surface area (Å²) in [6.07, 6.45) is 47.2. The maximum atomic E-state index is 10.3. The molecule has 1 saturated heterocycles. The summed E-state index contributed by atoms with van der Waals surface area (Å²) in [6.45, 7) is 41.4. The standard InChI is InChI=1S/C23H32N2.C23H28N2.C21H26N2.C19H20N2.4C6H4O2.4CH3.4Pd/c1-2-25(23-12-19-6-20(13-23)8-21(7-19)14-23)15-24(1)22-9-16-3-17(10-22)5-18(4-16)11-22;1-14-9-16(3)22(17(4)10-14)24-13-25(21(8)20(24)7)23-18(5)11-15(2)12-19(23)6;1-14-9-16(3)20(17(4)10-14)22-7-8-23(13-22)21-18(5)11-15(2)12-19(21)6;1-14-7-5-8-15(2)18(14)20-11-12-21(13-20)19-16(3)9-6-10-17(19)4;4*7-5-1-2-6(8)4-3-5;;;;;;;;/h1-2,16-21H,3-14H2;9-12H,1-8H3;9-12H,7-8H2,1-6H3;5-12H,1-4H3;4*1-4H;4*1H3;;;;/q;;;;;;;;4*-1;;;;. The van der Waals surface area contributed by atoms with Crippen molar-refractivity contribution in [2.45, 2.75) is 213 Å². The molecular formula is C114H134N8O8Pd4-4. The van der Waals surface area contributed by atoms with Crippen LogP contribution < -0.4 is 9.80 Å². The van der Waals surface area contributed by atoms with Gasteiger partial charge in [0.1, 0.15) is 0 Å². The van der Waals surface area contributed by atoms with Gasteiger partial charge in [-0.25, -0.2) is 0 Å². The molecule has 22 rings (SSSR count). The van der Waals surface area contributed by atoms with Crippen LogP contribution in [0, 0.1) is 202 Å². The molecule has 12 aliphatic carbocycles. The van der Waals surface area contributed by atoms with E-state index in [0.717, 1.165) is 56.4 Å². The molecule has 8 saturated carbocycles. The van der Waals surface area contributed by atoms with E-state index in [1.807, 2.05) is 0 Å². The van der Waals surface area contributed by atoms with E-state index in [1.165, 1.54) is 317 Å². The van der Waals surface area contributed by atoms with Gasteiger partial charge < -0.3 is 29.7 Å². The number of hydrogen-bond acceptors (Lipinski definition) is 10. The predicted octanol–water partition coefficient (Wildman–Crippen LogP) is 22.9. The first-order chi connectivity index (χ1) is 61.7. The van der Waals surface area contributed by atoms with Gasteiger partial charge in [0.15, 0.2) is 46.3 Å². The van der Waals surface area contributed by atoms with Crippen LogP contribution in [0.15, 0.2) is 207 Å². The van der Waals surface area contributed by atoms with Crippen LogP contribution in [-0.4, -0.2) is 91.0 Å². The second-order valence-electron chi connectivity index (χ2n) is 37.8. The Kier molecular flexibility index (Phi) is 37.1. The number of aryl methyl sites for hydroxylation is 16. The normalized spacial score (nSPS) is 21.2. The molecule has 9 aromatic rings. The molecule has 9 fully saturated rings. The molecule has 0 unspecified atom stereocenters. The fourth-order valence-corrected chi connectivity index (χ4v) is 26.0. The zero-order chi connectivity index (χ0) is 93.8. The van der Waals surface area contributed by atoms with E-state index in [9.17, 15) is 38.4 Å². The van der Waals surface area contributed by atoms with Gasteiger partial charge in [0.2, 0.25) is 0 Å². The van der Waals surface area contributed by atoms with Gasteiger partial charge in [-0.1, -0.05) is 0 Å². The first-order valence-corrected chi connectivity index (χ1v) is 48.3. The molecule has 0 N–H and O–H groups in total. The number of imidazole rings is 3. The Labute approximate surface area is 838 Å². The first kappa shape index (κ1) is 108. The van der Waals surface area contributed by atoms with Crippen LogP contribution in [0.2, 0.25) is 0 Å². The van der Waals surface area contributed by atoms with E-state index in [-0.39, 0.29) is 76.0 Å². The molecule has 722 valence electrons. The van der Waals surface area contributed by atoms with Crippen molar-refractivity contribution in [1.29, 1.82) is 0 Å². The summed E-state index contributed by atoms with van der Waals surface area (Å²) in [5, 5.41) is 0. The van der Waals surface area contributed by atoms with E-state index in [1.54, 1.807) is 0 Å². The van der Waals surface area contributed by atoms with Gasteiger partial charge >= 0.3 is 634 Å². The molecule has 16 nitrogen and oxygen atoms in total. The summed E-state index contributed by atoms with van der Waals surface area (Å²) in [5.41, 5.74) is 32.1. The van der Waals surface area contributed by atoms with Crippen LogP contribution in [0.25, 0.3) is 22.7 Å². The Morgan fingerprint density at radius 3 is 0.664 bits per heavy atom. The number of aromatic nitrogens is 6. The molecule has 0 amide bonds. The quantitative estimate of drug-likeness (QED) is 0.0809. The van der Waals surface area contributed by atoms with Crippen molar-refractivity contribution in [2.24, 2.45) is 35.5 Å². The number of nitrogens with zero attached hydrogens (tertiary/aromatic N) is 8. The Hall–Kier alpha value is -9.65. The maximum absolute atomic E-state index is 10.3. The number of hydrogen-bond donors (Lipinski definition) is 0. The number of benzene rings is 6. The number of anilines is 2. The fraction of sp³-hybridized carbons (Fsp3) is 0.351. The molecule has 0 radical (unpaired) electrons. The van der Waals surface area contributed by atoms with Gasteiger partial charge in [-0.15, -0.1) is 0 Å². The number of carbonyl (C=O) groups excluding carboxylic acids is 8. The van der Waals surface area contributed by atoms with Crippen molar-refractivity contribution in [3.8, 4) is 22.7 Å². The minimum atomic E-state index is -0.121. The minimum absolute atomic E-state index is 0. The number of allylic oxidation sites excluding steroid dienone is 16. The van der Waals surface area contributed by atoms with Crippen molar-refractivity contribution >= 4 is 61.9 Å². The van der Waals surface area contributed by atoms with Crippen molar-refractivity contribution in [3.05, 3.63) is 349 Å². The van der Waals surface area contributed by atoms with E-state index in [0.29, 0.717) is 11.1 Å². The molecule has 4 heterocycles. The summed E-state index contributed by atoms with van der Waals surface area (Å²) in [7, 11) is 0. The molecule has 6 aromatic carbocycles. The van der Waals surface area contributed by atoms with Crippen molar-refractivity contribution < 1.29 is 113 Å². The first-order valence-electron chi connectivity index (χ1n) is 45.2. The molecule has 0 atom stereocenters. The average Bonchev–Trinajstić information content (AvgIpc) is 1.44. The molecule has 1 aliphatic heterocycles. The number of para-hydroxylation sites is 2. The van der Waals surface area contributed by atoms with E-state index in [4.69, 9.17) is 0 Å². The average molecular weight is 2170 g/mol. The SMILES string of the molecule is Cc1cc(C)c(-n2c(C)c(C)n(-c3c(C)cc(C)cc3C)[c]2=[Pd])c(C)c1.Cc1cc(C)c(N2CCN(c3c(C)cc(C)cc3C)[C]2=[Pd])c(C)c1.Cc1cccc(C)c1-n1ccn(-c2c(C)cccc2C)[c]1=[Pd].O=C1C=CC(=O)C=C1.O=C1C=CC(=O)C=C1.O=C1C=CC(=O)C=C1.O=C1C=CC(=O)C=C1.[CH3-].[CH3-].[CH3-].[CH3-].[Pd]=[c]1n(C23CC4CC(CC(C4)C2)C3)ccn1C12CC3CC(CC(C3)C1)C2. The zero-order valence-corrected chi connectivity index (χ0v) is 88.3. The van der Waals surface area contributed by atoms with Crippen LogP contribution in [0.4, 0.5) is 11.4 Å². The molecule has 13 aliphatic rings. The molecule has 134 heavy (non-hydrogen) atoms. The summed E-state index contributed by atoms with van der Waals surface area (Å²) in [4.78, 5) is 87.1. The Morgan fingerprint density at radius 1 is 0.254 bits per heavy atom. The summed E-state index contributed by atoms with van der Waals surface area (Å²) >= 11 is 14.4. The third-order valence-corrected chi connectivity index (χ3v) is 30.2. The van der Waals surface area contributed by atoms with Gasteiger partial charge in [-0.3, -0.25) is 38.4 Å². The van der Waals surface area contributed by atoms with Crippen molar-refractivity contribution in [3.63, 3.8) is 0 Å². The van der Waals surface area contributed by atoms with Gasteiger partial charge in [-0.05, 0) is 97.2 Å². The summed E-state index contributed by atoms with van der Waals surface area (Å²) in [5.74, 6) is 5.16. The molecule has 20 heteroatoms.